The van der Waals surface area contributed by atoms with Crippen molar-refractivity contribution < 1.29 is 19.1 Å². The molecule has 8 heteroatoms. The Hall–Kier alpha value is -2.28. The van der Waals surface area contributed by atoms with Crippen molar-refractivity contribution >= 4 is 46.5 Å². The molecule has 1 amide bonds. The number of methoxy groups -OCH3 is 1. The average Bonchev–Trinajstić information content (AvgIpc) is 2.70. The van der Waals surface area contributed by atoms with E-state index in [4.69, 9.17) is 32.7 Å². The number of hydrogen-bond donors (Lipinski definition) is 1. The zero-order chi connectivity index (χ0) is 19.4. The van der Waals surface area contributed by atoms with E-state index in [0.717, 1.165) is 18.8 Å². The minimum atomic E-state index is -0.544. The van der Waals surface area contributed by atoms with E-state index in [2.05, 4.69) is 10.2 Å². The Morgan fingerprint density at radius 1 is 1.07 bits per heavy atom. The summed E-state index contributed by atoms with van der Waals surface area (Å²) in [6, 6.07) is 9.82. The molecule has 3 rings (SSSR count). The summed E-state index contributed by atoms with van der Waals surface area (Å²) in [4.78, 5) is 27.0. The highest BCUT2D eigenvalue weighted by Crippen LogP contribution is 2.27. The molecule has 2 aromatic carbocycles. The Morgan fingerprint density at radius 2 is 1.81 bits per heavy atom. The first kappa shape index (κ1) is 19.5. The number of carbonyl (C=O) groups excluding carboxylic acids is 2. The first-order valence-corrected chi connectivity index (χ1v) is 9.06. The zero-order valence-electron chi connectivity index (χ0n) is 14.6. The van der Waals surface area contributed by atoms with Crippen molar-refractivity contribution in [2.24, 2.45) is 0 Å². The molecule has 27 heavy (non-hydrogen) atoms. The summed E-state index contributed by atoms with van der Waals surface area (Å²) in [5, 5.41) is 3.37. The fraction of sp³-hybridized carbons (Fsp3) is 0.263. The Bertz CT molecular complexity index is 867. The highest BCUT2D eigenvalue weighted by Gasteiger charge is 2.20. The van der Waals surface area contributed by atoms with Crippen LogP contribution >= 0.6 is 23.2 Å². The molecule has 1 N–H and O–H groups in total. The maximum Gasteiger partial charge on any atom is 0.340 e. The molecular weight excluding hydrogens is 391 g/mol. The lowest BCUT2D eigenvalue weighted by Gasteiger charge is -2.29. The molecule has 0 aliphatic carbocycles. The van der Waals surface area contributed by atoms with Gasteiger partial charge in [0, 0.05) is 23.8 Å². The second-order valence-corrected chi connectivity index (χ2v) is 6.74. The third kappa shape index (κ3) is 4.53. The monoisotopic (exact) mass is 408 g/mol. The van der Waals surface area contributed by atoms with Crippen molar-refractivity contribution in [1.29, 1.82) is 0 Å². The second-order valence-electron chi connectivity index (χ2n) is 5.90. The largest absolute Gasteiger partial charge is 0.465 e. The SMILES string of the molecule is COC(=O)c1cc(N2CCOCC2)ccc1NC(=O)c1cc(Cl)ccc1Cl. The second kappa shape index (κ2) is 8.61. The molecule has 6 nitrogen and oxygen atoms in total. The van der Waals surface area contributed by atoms with Gasteiger partial charge in [-0.1, -0.05) is 23.2 Å². The van der Waals surface area contributed by atoms with Gasteiger partial charge in [-0.05, 0) is 36.4 Å². The lowest BCUT2D eigenvalue weighted by Crippen LogP contribution is -2.36. The molecule has 0 atom stereocenters. The normalized spacial score (nSPS) is 14.0. The first-order valence-electron chi connectivity index (χ1n) is 8.31. The summed E-state index contributed by atoms with van der Waals surface area (Å²) in [6.45, 7) is 2.70. The van der Waals surface area contributed by atoms with Gasteiger partial charge in [-0.15, -0.1) is 0 Å². The van der Waals surface area contributed by atoms with Crippen LogP contribution in [-0.4, -0.2) is 45.3 Å². The molecular formula is C19H18Cl2N2O4. The number of halogens is 2. The van der Waals surface area contributed by atoms with E-state index in [0.29, 0.717) is 23.9 Å². The Labute approximate surface area is 167 Å². The predicted octanol–water partition coefficient (Wildman–Crippen LogP) is 3.87. The number of rotatable bonds is 4. The van der Waals surface area contributed by atoms with E-state index < -0.39 is 11.9 Å². The maximum atomic E-state index is 12.6. The van der Waals surface area contributed by atoms with E-state index in [1.807, 2.05) is 6.07 Å². The fourth-order valence-electron chi connectivity index (χ4n) is 2.80. The van der Waals surface area contributed by atoms with E-state index in [1.165, 1.54) is 13.2 Å². The van der Waals surface area contributed by atoms with E-state index in [1.54, 1.807) is 24.3 Å². The van der Waals surface area contributed by atoms with Crippen molar-refractivity contribution in [2.45, 2.75) is 0 Å². The molecule has 0 saturated carbocycles. The van der Waals surface area contributed by atoms with Crippen molar-refractivity contribution in [3.63, 3.8) is 0 Å². The van der Waals surface area contributed by atoms with Crippen LogP contribution in [0.1, 0.15) is 20.7 Å². The number of nitrogens with one attached hydrogen (secondary N) is 1. The molecule has 0 bridgehead atoms. The van der Waals surface area contributed by atoms with E-state index in [-0.39, 0.29) is 16.1 Å². The summed E-state index contributed by atoms with van der Waals surface area (Å²) < 4.78 is 10.2. The number of ether oxygens (including phenoxy) is 2. The standard InChI is InChI=1S/C19H18Cl2N2O4/c1-26-19(25)15-11-13(23-6-8-27-9-7-23)3-5-17(15)22-18(24)14-10-12(20)2-4-16(14)21/h2-5,10-11H,6-9H2,1H3,(H,22,24). The molecule has 1 saturated heterocycles. The number of morpholine rings is 1. The van der Waals surface area contributed by atoms with Gasteiger partial charge < -0.3 is 19.7 Å². The molecule has 142 valence electrons. The molecule has 0 radical (unpaired) electrons. The fourth-order valence-corrected chi connectivity index (χ4v) is 3.17. The van der Waals surface area contributed by atoms with Gasteiger partial charge in [0.15, 0.2) is 0 Å². The van der Waals surface area contributed by atoms with Crippen molar-refractivity contribution in [2.75, 3.05) is 43.6 Å². The Kier molecular flexibility index (Phi) is 6.21. The van der Waals surface area contributed by atoms with Crippen molar-refractivity contribution in [1.82, 2.24) is 0 Å². The Morgan fingerprint density at radius 3 is 2.52 bits per heavy atom. The zero-order valence-corrected chi connectivity index (χ0v) is 16.1. The van der Waals surface area contributed by atoms with Crippen LogP contribution in [-0.2, 0) is 9.47 Å². The van der Waals surface area contributed by atoms with Gasteiger partial charge in [-0.3, -0.25) is 4.79 Å². The summed E-state index contributed by atoms with van der Waals surface area (Å²) in [6.07, 6.45) is 0. The number of amides is 1. The molecule has 0 aromatic heterocycles. The molecule has 0 spiro atoms. The van der Waals surface area contributed by atoms with E-state index >= 15 is 0 Å². The van der Waals surface area contributed by atoms with Gasteiger partial charge >= 0.3 is 5.97 Å². The van der Waals surface area contributed by atoms with E-state index in [9.17, 15) is 9.59 Å². The summed E-state index contributed by atoms with van der Waals surface area (Å²) in [5.74, 6) is -1.01. The third-order valence-electron chi connectivity index (χ3n) is 4.21. The van der Waals surface area contributed by atoms with Crippen LogP contribution in [0, 0.1) is 0 Å². The first-order chi connectivity index (χ1) is 13.0. The van der Waals surface area contributed by atoms with Crippen molar-refractivity contribution in [3.8, 4) is 0 Å². The summed E-state index contributed by atoms with van der Waals surface area (Å²) in [5.41, 5.74) is 1.67. The highest BCUT2D eigenvalue weighted by atomic mass is 35.5. The van der Waals surface area contributed by atoms with Crippen LogP contribution in [0.4, 0.5) is 11.4 Å². The lowest BCUT2D eigenvalue weighted by atomic mass is 10.1. The van der Waals surface area contributed by atoms with Gasteiger partial charge in [0.05, 0.1) is 42.2 Å². The number of nitrogens with zero attached hydrogens (tertiary/aromatic N) is 1. The van der Waals surface area contributed by atoms with Gasteiger partial charge in [0.25, 0.3) is 5.91 Å². The smallest absolute Gasteiger partial charge is 0.340 e. The number of esters is 1. The number of hydrogen-bond acceptors (Lipinski definition) is 5. The molecule has 1 heterocycles. The van der Waals surface area contributed by atoms with Crippen LogP contribution < -0.4 is 10.2 Å². The molecule has 1 aliphatic heterocycles. The minimum absolute atomic E-state index is 0.220. The number of anilines is 2. The Balaban J connectivity index is 1.90. The molecule has 0 unspecified atom stereocenters. The van der Waals surface area contributed by atoms with Crippen LogP contribution in [0.3, 0.4) is 0 Å². The highest BCUT2D eigenvalue weighted by molar-refractivity contribution is 6.36. The number of benzene rings is 2. The third-order valence-corrected chi connectivity index (χ3v) is 4.77. The maximum absolute atomic E-state index is 12.6. The molecule has 1 fully saturated rings. The van der Waals surface area contributed by atoms with Gasteiger partial charge in [0.1, 0.15) is 0 Å². The van der Waals surface area contributed by atoms with Crippen LogP contribution in [0.25, 0.3) is 0 Å². The molecule has 2 aromatic rings. The van der Waals surface area contributed by atoms with Gasteiger partial charge in [-0.25, -0.2) is 4.79 Å². The average molecular weight is 409 g/mol. The summed E-state index contributed by atoms with van der Waals surface area (Å²) >= 11 is 12.0. The number of carbonyl (C=O) groups is 2. The minimum Gasteiger partial charge on any atom is -0.465 e. The summed E-state index contributed by atoms with van der Waals surface area (Å²) in [7, 11) is 1.29. The predicted molar refractivity (Wildman–Crippen MR) is 105 cm³/mol. The quantitative estimate of drug-likeness (QED) is 0.777. The van der Waals surface area contributed by atoms with Crippen LogP contribution in [0.15, 0.2) is 36.4 Å². The van der Waals surface area contributed by atoms with Gasteiger partial charge in [-0.2, -0.15) is 0 Å². The topological polar surface area (TPSA) is 67.9 Å². The van der Waals surface area contributed by atoms with Gasteiger partial charge in [0.2, 0.25) is 0 Å². The van der Waals surface area contributed by atoms with Crippen LogP contribution in [0.5, 0.6) is 0 Å². The van der Waals surface area contributed by atoms with Crippen LogP contribution in [0.2, 0.25) is 10.0 Å². The lowest BCUT2D eigenvalue weighted by molar-refractivity contribution is 0.0602. The molecule has 1 aliphatic rings. The van der Waals surface area contributed by atoms with Crippen molar-refractivity contribution in [3.05, 3.63) is 57.6 Å².